The van der Waals surface area contributed by atoms with Crippen molar-refractivity contribution in [3.63, 3.8) is 0 Å². The molecule has 4 nitrogen and oxygen atoms in total. The van der Waals surface area contributed by atoms with Gasteiger partial charge < -0.3 is 15.4 Å². The summed E-state index contributed by atoms with van der Waals surface area (Å²) in [6.45, 7) is 2.70. The predicted molar refractivity (Wildman–Crippen MR) is 77.6 cm³/mol. The Bertz CT molecular complexity index is 539. The first-order valence-corrected chi connectivity index (χ1v) is 6.83. The van der Waals surface area contributed by atoms with Crippen LogP contribution in [0.1, 0.15) is 31.3 Å². The summed E-state index contributed by atoms with van der Waals surface area (Å²) in [4.78, 5) is 7.53. The summed E-state index contributed by atoms with van der Waals surface area (Å²) < 4.78 is 0. The lowest BCUT2D eigenvalue weighted by molar-refractivity contribution is 0.475. The number of aromatic amines is 1. The summed E-state index contributed by atoms with van der Waals surface area (Å²) in [6.07, 6.45) is 3.15. The van der Waals surface area contributed by atoms with Crippen molar-refractivity contribution in [3.05, 3.63) is 40.9 Å². The molecule has 1 aromatic heterocycles. The molecule has 0 aliphatic rings. The van der Waals surface area contributed by atoms with Crippen LogP contribution in [0.4, 0.5) is 5.69 Å². The van der Waals surface area contributed by atoms with Gasteiger partial charge >= 0.3 is 0 Å². The molecule has 0 atom stereocenters. The van der Waals surface area contributed by atoms with E-state index in [2.05, 4.69) is 22.2 Å². The van der Waals surface area contributed by atoms with E-state index in [1.807, 2.05) is 6.07 Å². The number of phenols is 1. The van der Waals surface area contributed by atoms with Crippen LogP contribution >= 0.6 is 11.6 Å². The van der Waals surface area contributed by atoms with Gasteiger partial charge in [0.2, 0.25) is 0 Å². The van der Waals surface area contributed by atoms with Gasteiger partial charge in [0.1, 0.15) is 11.6 Å². The molecule has 5 heteroatoms. The van der Waals surface area contributed by atoms with E-state index in [1.165, 1.54) is 0 Å². The van der Waals surface area contributed by atoms with Gasteiger partial charge in [0.05, 0.1) is 12.2 Å². The van der Waals surface area contributed by atoms with Crippen LogP contribution in [0.2, 0.25) is 5.15 Å². The van der Waals surface area contributed by atoms with Gasteiger partial charge in [-0.1, -0.05) is 31.0 Å². The predicted octanol–water partition coefficient (Wildman–Crippen LogP) is 3.72. The number of rotatable bonds is 6. The minimum absolute atomic E-state index is 0.240. The van der Waals surface area contributed by atoms with Gasteiger partial charge in [0.15, 0.2) is 5.15 Å². The van der Waals surface area contributed by atoms with Gasteiger partial charge in [0.25, 0.3) is 0 Å². The van der Waals surface area contributed by atoms with Gasteiger partial charge in [-0.2, -0.15) is 0 Å². The zero-order valence-corrected chi connectivity index (χ0v) is 11.7. The minimum Gasteiger partial charge on any atom is -0.508 e. The van der Waals surface area contributed by atoms with E-state index in [9.17, 15) is 5.11 Å². The Morgan fingerprint density at radius 2 is 2.26 bits per heavy atom. The van der Waals surface area contributed by atoms with Gasteiger partial charge in [-0.25, -0.2) is 4.98 Å². The largest absolute Gasteiger partial charge is 0.508 e. The number of nitrogens with zero attached hydrogens (tertiary/aromatic N) is 1. The Labute approximate surface area is 117 Å². The third kappa shape index (κ3) is 3.89. The molecule has 0 spiro atoms. The SMILES string of the molecule is CCCCc1nc(Cl)c(CNc2cccc(O)c2)[nH]1. The van der Waals surface area contributed by atoms with Crippen LogP contribution in [0.3, 0.4) is 0 Å². The molecule has 0 amide bonds. The van der Waals surface area contributed by atoms with Gasteiger partial charge in [-0.15, -0.1) is 0 Å². The van der Waals surface area contributed by atoms with E-state index in [-0.39, 0.29) is 5.75 Å². The van der Waals surface area contributed by atoms with E-state index in [1.54, 1.807) is 18.2 Å². The highest BCUT2D eigenvalue weighted by Gasteiger charge is 2.07. The maximum absolute atomic E-state index is 9.38. The first kappa shape index (κ1) is 13.7. The Morgan fingerprint density at radius 3 is 3.00 bits per heavy atom. The standard InChI is InChI=1S/C14H18ClN3O/c1-2-3-7-13-17-12(14(15)18-13)9-16-10-5-4-6-11(19)8-10/h4-6,8,16,19H,2-3,7,9H2,1H3,(H,17,18). The summed E-state index contributed by atoms with van der Waals surface area (Å²) in [5.74, 6) is 1.17. The molecule has 1 aromatic carbocycles. The van der Waals surface area contributed by atoms with Gasteiger partial charge in [-0.05, 0) is 18.6 Å². The molecule has 0 saturated heterocycles. The second kappa shape index (κ2) is 6.48. The molecule has 2 rings (SSSR count). The van der Waals surface area contributed by atoms with Crippen molar-refractivity contribution < 1.29 is 5.11 Å². The van der Waals surface area contributed by atoms with Crippen molar-refractivity contribution in [3.8, 4) is 5.75 Å². The molecule has 0 saturated carbocycles. The zero-order chi connectivity index (χ0) is 13.7. The summed E-state index contributed by atoms with van der Waals surface area (Å²) in [5.41, 5.74) is 1.72. The zero-order valence-electron chi connectivity index (χ0n) is 10.9. The first-order chi connectivity index (χ1) is 9.19. The molecule has 0 aliphatic carbocycles. The van der Waals surface area contributed by atoms with Gasteiger partial charge in [0, 0.05) is 18.2 Å². The van der Waals surface area contributed by atoms with Crippen molar-refractivity contribution in [1.82, 2.24) is 9.97 Å². The highest BCUT2D eigenvalue weighted by molar-refractivity contribution is 6.30. The molecule has 0 unspecified atom stereocenters. The summed E-state index contributed by atoms with van der Waals surface area (Å²) in [7, 11) is 0. The summed E-state index contributed by atoms with van der Waals surface area (Å²) in [6, 6.07) is 6.99. The molecular formula is C14H18ClN3O. The number of hydrogen-bond acceptors (Lipinski definition) is 3. The second-order valence-corrected chi connectivity index (χ2v) is 4.82. The third-order valence-corrected chi connectivity index (χ3v) is 3.17. The van der Waals surface area contributed by atoms with E-state index < -0.39 is 0 Å². The lowest BCUT2D eigenvalue weighted by Gasteiger charge is -2.05. The molecule has 0 bridgehead atoms. The number of aryl methyl sites for hydroxylation is 1. The minimum atomic E-state index is 0.240. The molecule has 0 fully saturated rings. The van der Waals surface area contributed by atoms with Crippen LogP contribution in [0, 0.1) is 0 Å². The number of unbranched alkanes of at least 4 members (excludes halogenated alkanes) is 1. The molecule has 2 aromatic rings. The van der Waals surface area contributed by atoms with E-state index in [0.717, 1.165) is 36.5 Å². The Balaban J connectivity index is 1.97. The number of phenolic OH excluding ortho intramolecular Hbond substituents is 1. The first-order valence-electron chi connectivity index (χ1n) is 6.45. The molecule has 0 aliphatic heterocycles. The fraction of sp³-hybridized carbons (Fsp3) is 0.357. The number of aromatic hydroxyl groups is 1. The molecular weight excluding hydrogens is 262 g/mol. The maximum Gasteiger partial charge on any atom is 0.152 e. The number of halogens is 1. The average molecular weight is 280 g/mol. The van der Waals surface area contributed by atoms with Crippen LogP contribution in [0.25, 0.3) is 0 Å². The number of nitrogens with one attached hydrogen (secondary N) is 2. The topological polar surface area (TPSA) is 60.9 Å². The lowest BCUT2D eigenvalue weighted by atomic mass is 10.2. The van der Waals surface area contributed by atoms with E-state index in [0.29, 0.717) is 11.7 Å². The summed E-state index contributed by atoms with van der Waals surface area (Å²) >= 11 is 6.09. The highest BCUT2D eigenvalue weighted by Crippen LogP contribution is 2.19. The number of benzene rings is 1. The average Bonchev–Trinajstić information content (AvgIpc) is 2.75. The maximum atomic E-state index is 9.38. The molecule has 3 N–H and O–H groups in total. The quantitative estimate of drug-likeness (QED) is 0.755. The van der Waals surface area contributed by atoms with Crippen LogP contribution < -0.4 is 5.32 Å². The van der Waals surface area contributed by atoms with E-state index in [4.69, 9.17) is 11.6 Å². The number of imidazole rings is 1. The molecule has 0 radical (unpaired) electrons. The number of aromatic nitrogens is 2. The number of hydrogen-bond donors (Lipinski definition) is 3. The lowest BCUT2D eigenvalue weighted by Crippen LogP contribution is -2.00. The Hall–Kier alpha value is -1.68. The Kier molecular flexibility index (Phi) is 4.68. The van der Waals surface area contributed by atoms with Gasteiger partial charge in [-0.3, -0.25) is 0 Å². The van der Waals surface area contributed by atoms with Crippen LogP contribution in [0.5, 0.6) is 5.75 Å². The van der Waals surface area contributed by atoms with Crippen LogP contribution in [0.15, 0.2) is 24.3 Å². The monoisotopic (exact) mass is 279 g/mol. The summed E-state index contributed by atoms with van der Waals surface area (Å²) in [5, 5.41) is 13.1. The second-order valence-electron chi connectivity index (χ2n) is 4.46. The fourth-order valence-electron chi connectivity index (χ4n) is 1.83. The normalized spacial score (nSPS) is 10.6. The Morgan fingerprint density at radius 1 is 1.42 bits per heavy atom. The van der Waals surface area contributed by atoms with E-state index >= 15 is 0 Å². The highest BCUT2D eigenvalue weighted by atomic mass is 35.5. The number of H-pyrrole nitrogens is 1. The number of anilines is 1. The van der Waals surface area contributed by atoms with Crippen molar-refractivity contribution in [2.45, 2.75) is 32.7 Å². The van der Waals surface area contributed by atoms with Crippen molar-refractivity contribution >= 4 is 17.3 Å². The van der Waals surface area contributed by atoms with Crippen LogP contribution in [-0.2, 0) is 13.0 Å². The smallest absolute Gasteiger partial charge is 0.152 e. The fourth-order valence-corrected chi connectivity index (χ4v) is 2.04. The van der Waals surface area contributed by atoms with Crippen LogP contribution in [-0.4, -0.2) is 15.1 Å². The molecule has 19 heavy (non-hydrogen) atoms. The van der Waals surface area contributed by atoms with Crippen molar-refractivity contribution in [2.24, 2.45) is 0 Å². The molecule has 1 heterocycles. The molecule has 102 valence electrons. The van der Waals surface area contributed by atoms with Crippen molar-refractivity contribution in [1.29, 1.82) is 0 Å². The van der Waals surface area contributed by atoms with Crippen molar-refractivity contribution in [2.75, 3.05) is 5.32 Å². The third-order valence-electron chi connectivity index (χ3n) is 2.86.